The smallest absolute Gasteiger partial charge is 0.0393 e. The molecule has 1 saturated heterocycles. The third kappa shape index (κ3) is 4.19. The quantitative estimate of drug-likeness (QED) is 0.412. The minimum absolute atomic E-state index is 0. The molecular formula is C30H31ClN2. The molecule has 1 heterocycles. The fraction of sp³-hybridized carbons (Fsp3) is 0.267. The van der Waals surface area contributed by atoms with Crippen molar-refractivity contribution in [1.29, 1.82) is 0 Å². The van der Waals surface area contributed by atoms with E-state index >= 15 is 0 Å². The molecule has 1 atom stereocenters. The monoisotopic (exact) mass is 454 g/mol. The third-order valence-electron chi connectivity index (χ3n) is 7.48. The van der Waals surface area contributed by atoms with Gasteiger partial charge in [0.05, 0.1) is 0 Å². The van der Waals surface area contributed by atoms with Crippen molar-refractivity contribution in [2.24, 2.45) is 11.7 Å². The number of likely N-dealkylation sites (tertiary alicyclic amines) is 1. The summed E-state index contributed by atoms with van der Waals surface area (Å²) in [5.74, 6) is 0.720. The maximum absolute atomic E-state index is 6.90. The Kier molecular flexibility index (Phi) is 6.25. The van der Waals surface area contributed by atoms with Gasteiger partial charge in [0.25, 0.3) is 0 Å². The van der Waals surface area contributed by atoms with Gasteiger partial charge in [0, 0.05) is 25.7 Å². The molecule has 2 nitrogen and oxygen atoms in total. The van der Waals surface area contributed by atoms with Crippen LogP contribution in [-0.4, -0.2) is 30.6 Å². The molecule has 33 heavy (non-hydrogen) atoms. The molecule has 1 fully saturated rings. The first-order valence-electron chi connectivity index (χ1n) is 11.9. The molecule has 6 rings (SSSR count). The summed E-state index contributed by atoms with van der Waals surface area (Å²) in [7, 11) is 0. The standard InChI is InChI=1S/C30H30N2.ClH/c31-29-20-32(19-21-17-24-9-1-2-10-25(24)18-21)16-15-28(29)30-26-11-5-3-7-22(26)13-14-23-8-4-6-12-27(23)30;/h1-14,21,29H,15-20,31H2;1H. The molecule has 1 unspecified atom stereocenters. The average Bonchev–Trinajstić information content (AvgIpc) is 3.15. The molecule has 3 aromatic carbocycles. The van der Waals surface area contributed by atoms with E-state index in [0.717, 1.165) is 32.0 Å². The van der Waals surface area contributed by atoms with Crippen molar-refractivity contribution >= 4 is 30.1 Å². The average molecular weight is 455 g/mol. The van der Waals surface area contributed by atoms with Crippen molar-refractivity contribution in [1.82, 2.24) is 4.90 Å². The number of hydrogen-bond acceptors (Lipinski definition) is 2. The van der Waals surface area contributed by atoms with Crippen molar-refractivity contribution in [3.05, 3.63) is 112 Å². The minimum Gasteiger partial charge on any atom is -0.323 e. The van der Waals surface area contributed by atoms with E-state index < -0.39 is 0 Å². The van der Waals surface area contributed by atoms with E-state index in [-0.39, 0.29) is 18.4 Å². The molecule has 2 aliphatic carbocycles. The Balaban J connectivity index is 0.00000228. The summed E-state index contributed by atoms with van der Waals surface area (Å²) in [4.78, 5) is 2.61. The Morgan fingerprint density at radius 1 is 0.758 bits per heavy atom. The summed E-state index contributed by atoms with van der Waals surface area (Å²) in [5.41, 5.74) is 18.0. The first kappa shape index (κ1) is 22.2. The first-order chi connectivity index (χ1) is 15.8. The van der Waals surface area contributed by atoms with E-state index in [1.54, 1.807) is 11.1 Å². The summed E-state index contributed by atoms with van der Waals surface area (Å²) in [6.07, 6.45) is 7.96. The Labute approximate surface area is 203 Å². The number of nitrogens with zero attached hydrogens (tertiary/aromatic N) is 1. The molecular weight excluding hydrogens is 424 g/mol. The van der Waals surface area contributed by atoms with Crippen LogP contribution in [0.1, 0.15) is 39.8 Å². The zero-order valence-electron chi connectivity index (χ0n) is 18.9. The van der Waals surface area contributed by atoms with Crippen molar-refractivity contribution in [2.75, 3.05) is 19.6 Å². The molecule has 2 N–H and O–H groups in total. The van der Waals surface area contributed by atoms with Crippen LogP contribution < -0.4 is 5.73 Å². The van der Waals surface area contributed by atoms with Crippen LogP contribution in [0, 0.1) is 5.92 Å². The number of piperidine rings is 1. The van der Waals surface area contributed by atoms with Crippen LogP contribution in [0.5, 0.6) is 0 Å². The van der Waals surface area contributed by atoms with Gasteiger partial charge in [-0.15, -0.1) is 12.4 Å². The molecule has 168 valence electrons. The number of hydrogen-bond donors (Lipinski definition) is 1. The first-order valence-corrected chi connectivity index (χ1v) is 11.9. The second-order valence-electron chi connectivity index (χ2n) is 9.57. The Bertz CT molecular complexity index is 1150. The van der Waals surface area contributed by atoms with Gasteiger partial charge in [-0.1, -0.05) is 84.9 Å². The Hall–Kier alpha value is -2.65. The molecule has 0 radical (unpaired) electrons. The van der Waals surface area contributed by atoms with Crippen LogP contribution in [0.2, 0.25) is 0 Å². The number of fused-ring (bicyclic) bond motifs is 3. The summed E-state index contributed by atoms with van der Waals surface area (Å²) >= 11 is 0. The van der Waals surface area contributed by atoms with Crippen molar-refractivity contribution in [2.45, 2.75) is 25.3 Å². The van der Waals surface area contributed by atoms with Gasteiger partial charge in [-0.2, -0.15) is 0 Å². The van der Waals surface area contributed by atoms with Gasteiger partial charge in [0.15, 0.2) is 0 Å². The lowest BCUT2D eigenvalue weighted by atomic mass is 9.84. The second kappa shape index (κ2) is 9.30. The number of rotatable bonds is 2. The minimum atomic E-state index is 0. The van der Waals surface area contributed by atoms with Gasteiger partial charge in [0.1, 0.15) is 0 Å². The zero-order chi connectivity index (χ0) is 21.5. The lowest BCUT2D eigenvalue weighted by Gasteiger charge is -2.36. The highest BCUT2D eigenvalue weighted by molar-refractivity contribution is 5.95. The molecule has 0 amide bonds. The van der Waals surface area contributed by atoms with Gasteiger partial charge < -0.3 is 10.6 Å². The number of halogens is 1. The normalized spacial score (nSPS) is 20.0. The van der Waals surface area contributed by atoms with E-state index in [4.69, 9.17) is 5.73 Å². The van der Waals surface area contributed by atoms with Crippen molar-refractivity contribution in [3.8, 4) is 0 Å². The highest BCUT2D eigenvalue weighted by Gasteiger charge is 2.30. The molecule has 0 spiro atoms. The summed E-state index contributed by atoms with van der Waals surface area (Å²) in [5, 5.41) is 0. The predicted molar refractivity (Wildman–Crippen MR) is 141 cm³/mol. The molecule has 3 aliphatic rings. The van der Waals surface area contributed by atoms with Gasteiger partial charge in [-0.3, -0.25) is 0 Å². The van der Waals surface area contributed by atoms with Gasteiger partial charge in [0.2, 0.25) is 0 Å². The van der Waals surface area contributed by atoms with Crippen LogP contribution in [0.25, 0.3) is 17.7 Å². The van der Waals surface area contributed by atoms with E-state index in [0.29, 0.717) is 0 Å². The second-order valence-corrected chi connectivity index (χ2v) is 9.57. The van der Waals surface area contributed by atoms with E-state index in [1.165, 1.54) is 46.2 Å². The highest BCUT2D eigenvalue weighted by atomic mass is 35.5. The van der Waals surface area contributed by atoms with Gasteiger partial charge in [-0.25, -0.2) is 0 Å². The van der Waals surface area contributed by atoms with Crippen LogP contribution in [0.15, 0.2) is 78.4 Å². The summed E-state index contributed by atoms with van der Waals surface area (Å²) in [6, 6.07) is 26.5. The lowest BCUT2D eigenvalue weighted by molar-refractivity contribution is 0.208. The fourth-order valence-corrected chi connectivity index (χ4v) is 5.97. The van der Waals surface area contributed by atoms with E-state index in [2.05, 4.69) is 89.8 Å². The fourth-order valence-electron chi connectivity index (χ4n) is 5.97. The van der Waals surface area contributed by atoms with Gasteiger partial charge >= 0.3 is 0 Å². The lowest BCUT2D eigenvalue weighted by Crippen LogP contribution is -2.46. The topological polar surface area (TPSA) is 29.3 Å². The number of nitrogens with two attached hydrogens (primary N) is 1. The molecule has 3 aromatic rings. The summed E-state index contributed by atoms with van der Waals surface area (Å²) in [6.45, 7) is 3.19. The molecule has 3 heteroatoms. The van der Waals surface area contributed by atoms with Gasteiger partial charge in [-0.05, 0) is 69.7 Å². The predicted octanol–water partition coefficient (Wildman–Crippen LogP) is 5.84. The third-order valence-corrected chi connectivity index (χ3v) is 7.48. The highest BCUT2D eigenvalue weighted by Crippen LogP contribution is 2.38. The molecule has 1 aliphatic heterocycles. The van der Waals surface area contributed by atoms with E-state index in [9.17, 15) is 0 Å². The van der Waals surface area contributed by atoms with Crippen LogP contribution in [0.4, 0.5) is 0 Å². The molecule has 0 saturated carbocycles. The Morgan fingerprint density at radius 2 is 1.30 bits per heavy atom. The Morgan fingerprint density at radius 3 is 1.88 bits per heavy atom. The van der Waals surface area contributed by atoms with Crippen molar-refractivity contribution in [3.63, 3.8) is 0 Å². The number of benzene rings is 3. The van der Waals surface area contributed by atoms with Crippen LogP contribution >= 0.6 is 12.4 Å². The maximum Gasteiger partial charge on any atom is 0.0393 e. The van der Waals surface area contributed by atoms with Crippen LogP contribution in [0.3, 0.4) is 0 Å². The maximum atomic E-state index is 6.90. The summed E-state index contributed by atoms with van der Waals surface area (Å²) < 4.78 is 0. The van der Waals surface area contributed by atoms with E-state index in [1.807, 2.05) is 0 Å². The SMILES string of the molecule is Cl.NC1CN(CC2Cc3ccccc3C2)CCC1=C1c2ccccc2C=Cc2ccccc21. The molecule has 0 bridgehead atoms. The van der Waals surface area contributed by atoms with Crippen LogP contribution in [-0.2, 0) is 12.8 Å². The largest absolute Gasteiger partial charge is 0.323 e. The molecule has 0 aromatic heterocycles. The zero-order valence-corrected chi connectivity index (χ0v) is 19.7. The van der Waals surface area contributed by atoms with Crippen molar-refractivity contribution < 1.29 is 0 Å².